The smallest absolute Gasteiger partial charge is 0.107 e. The monoisotopic (exact) mass is 382 g/mol. The van der Waals surface area contributed by atoms with Crippen molar-refractivity contribution in [3.05, 3.63) is 72.8 Å². The highest BCUT2D eigenvalue weighted by Crippen LogP contribution is 2.60. The molecule has 3 rings (SSSR count). The first kappa shape index (κ1) is 22.3. The van der Waals surface area contributed by atoms with Crippen molar-refractivity contribution >= 4 is 15.7 Å². The summed E-state index contributed by atoms with van der Waals surface area (Å²) in [6.07, 6.45) is 20.5. The van der Waals surface area contributed by atoms with E-state index >= 15 is 0 Å². The molecule has 0 aromatic rings. The summed E-state index contributed by atoms with van der Waals surface area (Å²) in [6, 6.07) is 0. The van der Waals surface area contributed by atoms with Gasteiger partial charge in [0.25, 0.3) is 0 Å². The summed E-state index contributed by atoms with van der Waals surface area (Å²) in [6.45, 7) is 14.6. The first-order valence-corrected chi connectivity index (χ1v) is 11.4. The molecule has 0 amide bonds. The molecule has 2 fully saturated rings. The predicted octanol–water partition coefficient (Wildman–Crippen LogP) is 6.90. The van der Waals surface area contributed by atoms with E-state index in [9.17, 15) is 0 Å². The van der Waals surface area contributed by atoms with Crippen LogP contribution in [0.15, 0.2) is 72.8 Å². The molecule has 2 saturated carbocycles. The molecule has 0 spiro atoms. The molecular weight excluding hydrogens is 346 g/mol. The SMILES string of the molecule is [B]C1=CCC2C(C1)C(C(=C)/C=C\C=C)C1CCC([B])CC1C2/C(C)=C/CCC=C. The van der Waals surface area contributed by atoms with E-state index in [1.807, 2.05) is 18.2 Å². The van der Waals surface area contributed by atoms with E-state index < -0.39 is 0 Å². The van der Waals surface area contributed by atoms with Crippen LogP contribution in [0.2, 0.25) is 5.82 Å². The largest absolute Gasteiger partial charge is 0.121 e. The molecule has 0 aromatic heterocycles. The maximum Gasteiger partial charge on any atom is 0.107 e. The number of unbranched alkanes of at least 4 members (excludes halogenated alkanes) is 1. The van der Waals surface area contributed by atoms with Crippen molar-refractivity contribution in [1.82, 2.24) is 0 Å². The molecule has 3 aliphatic rings. The minimum atomic E-state index is 0.332. The Morgan fingerprint density at radius 1 is 1.10 bits per heavy atom. The first-order valence-electron chi connectivity index (χ1n) is 11.4. The highest BCUT2D eigenvalue weighted by atomic mass is 14.6. The lowest BCUT2D eigenvalue weighted by Gasteiger charge is -2.57. The van der Waals surface area contributed by atoms with Gasteiger partial charge in [-0.05, 0) is 68.1 Å². The molecule has 0 nitrogen and oxygen atoms in total. The molecule has 7 unspecified atom stereocenters. The van der Waals surface area contributed by atoms with E-state index in [4.69, 9.17) is 15.7 Å². The van der Waals surface area contributed by atoms with Crippen LogP contribution < -0.4 is 0 Å². The van der Waals surface area contributed by atoms with Crippen LogP contribution in [0.1, 0.15) is 51.9 Å². The number of hydrogen-bond acceptors (Lipinski definition) is 0. The molecule has 0 bridgehead atoms. The van der Waals surface area contributed by atoms with E-state index in [1.54, 1.807) is 5.57 Å². The average Bonchev–Trinajstić information content (AvgIpc) is 2.70. The van der Waals surface area contributed by atoms with Crippen molar-refractivity contribution in [2.45, 2.75) is 57.7 Å². The second-order valence-corrected chi connectivity index (χ2v) is 9.48. The standard InChI is InChI=1S/C27H36B2/c1-5-7-9-11-19(4)27-23-15-13-20(28)16-24(23)26(18(3)10-8-6-2)22-14-12-21(29)17-25(22)27/h5-6,8,10-11,13,21-27H,1-3,7,9,12,14-17H2,4H3/b10-8-,19-11+. The fourth-order valence-electron chi connectivity index (χ4n) is 6.62. The molecule has 29 heavy (non-hydrogen) atoms. The maximum atomic E-state index is 6.50. The second-order valence-electron chi connectivity index (χ2n) is 9.48. The van der Waals surface area contributed by atoms with Crippen LogP contribution in [0.5, 0.6) is 0 Å². The normalized spacial score (nSPS) is 37.3. The average molecular weight is 382 g/mol. The second kappa shape index (κ2) is 10.1. The van der Waals surface area contributed by atoms with Gasteiger partial charge in [0.15, 0.2) is 0 Å². The first-order chi connectivity index (χ1) is 14.0. The van der Waals surface area contributed by atoms with E-state index in [-0.39, 0.29) is 0 Å². The minimum absolute atomic E-state index is 0.332. The summed E-state index contributed by atoms with van der Waals surface area (Å²) < 4.78 is 0. The summed E-state index contributed by atoms with van der Waals surface area (Å²) >= 11 is 0. The Labute approximate surface area is 181 Å². The third-order valence-corrected chi connectivity index (χ3v) is 7.75. The van der Waals surface area contributed by atoms with Gasteiger partial charge in [-0.1, -0.05) is 85.8 Å². The zero-order chi connectivity index (χ0) is 21.0. The zero-order valence-corrected chi connectivity index (χ0v) is 18.2. The van der Waals surface area contributed by atoms with E-state index in [1.165, 1.54) is 12.0 Å². The summed E-state index contributed by atoms with van der Waals surface area (Å²) in [4.78, 5) is 0. The van der Waals surface area contributed by atoms with Crippen molar-refractivity contribution in [2.24, 2.45) is 35.5 Å². The van der Waals surface area contributed by atoms with Crippen molar-refractivity contribution in [2.75, 3.05) is 0 Å². The Morgan fingerprint density at radius 2 is 1.90 bits per heavy atom. The van der Waals surface area contributed by atoms with Gasteiger partial charge in [-0.3, -0.25) is 0 Å². The number of hydrogen-bond donors (Lipinski definition) is 0. The van der Waals surface area contributed by atoms with Gasteiger partial charge < -0.3 is 0 Å². The van der Waals surface area contributed by atoms with Gasteiger partial charge in [-0.15, -0.1) is 12.1 Å². The Kier molecular flexibility index (Phi) is 7.72. The lowest BCUT2D eigenvalue weighted by Crippen LogP contribution is -2.50. The molecule has 7 atom stereocenters. The summed E-state index contributed by atoms with van der Waals surface area (Å²) in [7, 11) is 12.9. The summed E-state index contributed by atoms with van der Waals surface area (Å²) in [5, 5.41) is 0. The molecule has 3 aliphatic carbocycles. The van der Waals surface area contributed by atoms with Crippen LogP contribution in [0.25, 0.3) is 0 Å². The van der Waals surface area contributed by atoms with Gasteiger partial charge in [0.1, 0.15) is 7.85 Å². The topological polar surface area (TPSA) is 0 Å². The van der Waals surface area contributed by atoms with Crippen molar-refractivity contribution in [1.29, 1.82) is 0 Å². The fraction of sp³-hybridized carbons (Fsp3) is 0.556. The van der Waals surface area contributed by atoms with Gasteiger partial charge in [0.2, 0.25) is 0 Å². The van der Waals surface area contributed by atoms with Crippen LogP contribution in [0, 0.1) is 35.5 Å². The predicted molar refractivity (Wildman–Crippen MR) is 129 cm³/mol. The van der Waals surface area contributed by atoms with Crippen LogP contribution in [0.4, 0.5) is 0 Å². The zero-order valence-electron chi connectivity index (χ0n) is 18.2. The molecule has 0 heterocycles. The van der Waals surface area contributed by atoms with Gasteiger partial charge in [-0.2, -0.15) is 0 Å². The number of allylic oxidation sites excluding steroid dienone is 9. The van der Waals surface area contributed by atoms with E-state index in [2.05, 4.69) is 44.9 Å². The van der Waals surface area contributed by atoms with E-state index in [0.29, 0.717) is 41.3 Å². The van der Waals surface area contributed by atoms with Gasteiger partial charge >= 0.3 is 0 Å². The molecule has 0 N–H and O–H groups in total. The quantitative estimate of drug-likeness (QED) is 0.195. The van der Waals surface area contributed by atoms with Crippen molar-refractivity contribution in [3.8, 4) is 0 Å². The van der Waals surface area contributed by atoms with Crippen LogP contribution >= 0.6 is 0 Å². The van der Waals surface area contributed by atoms with Crippen LogP contribution in [0.3, 0.4) is 0 Å². The molecular formula is C27H36B2. The minimum Gasteiger partial charge on any atom is -0.121 e. The Hall–Kier alpha value is -1.43. The van der Waals surface area contributed by atoms with Gasteiger partial charge in [0.05, 0.1) is 7.85 Å². The van der Waals surface area contributed by atoms with Gasteiger partial charge in [-0.25, -0.2) is 0 Å². The van der Waals surface area contributed by atoms with Crippen LogP contribution in [-0.2, 0) is 0 Å². The third-order valence-electron chi connectivity index (χ3n) is 7.75. The van der Waals surface area contributed by atoms with Crippen molar-refractivity contribution < 1.29 is 0 Å². The lowest BCUT2D eigenvalue weighted by molar-refractivity contribution is -0.0127. The Balaban J connectivity index is 2.01. The van der Waals surface area contributed by atoms with Gasteiger partial charge in [0, 0.05) is 0 Å². The fourth-order valence-corrected chi connectivity index (χ4v) is 6.62. The molecule has 0 aliphatic heterocycles. The molecule has 0 saturated heterocycles. The summed E-state index contributed by atoms with van der Waals surface area (Å²) in [5.74, 6) is 3.94. The molecule has 4 radical (unpaired) electrons. The Morgan fingerprint density at radius 3 is 2.62 bits per heavy atom. The number of rotatable bonds is 7. The Bertz CT molecular complexity index is 710. The number of fused-ring (bicyclic) bond motifs is 2. The lowest BCUT2D eigenvalue weighted by atomic mass is 9.46. The highest BCUT2D eigenvalue weighted by molar-refractivity contribution is 6.21. The molecule has 0 aromatic carbocycles. The molecule has 2 heteroatoms. The maximum absolute atomic E-state index is 6.50. The van der Waals surface area contributed by atoms with E-state index in [0.717, 1.165) is 44.0 Å². The summed E-state index contributed by atoms with van der Waals surface area (Å²) in [5.41, 5.74) is 3.88. The third kappa shape index (κ3) is 4.84. The van der Waals surface area contributed by atoms with Crippen molar-refractivity contribution in [3.63, 3.8) is 0 Å². The highest BCUT2D eigenvalue weighted by Gasteiger charge is 2.52. The van der Waals surface area contributed by atoms with Crippen LogP contribution in [-0.4, -0.2) is 15.7 Å². The molecule has 150 valence electrons.